The number of halogens is 1. The van der Waals surface area contributed by atoms with Gasteiger partial charge in [-0.15, -0.1) is 0 Å². The molecule has 0 saturated carbocycles. The molecule has 1 saturated heterocycles. The zero-order valence-electron chi connectivity index (χ0n) is 56.7. The fraction of sp³-hybridized carbons (Fsp3) is 0.371. The molecule has 5 aromatic rings. The SMILES string of the molecule is COc1ccc(C[C@@H](NC(=O)C(N)Cc2ccc(C(=O)c3ccccc3)cc2)C(=O)N[C@@H](Cc2ccccc2)C(=O)N[C@@H](CCC(N)=O)C(=O)N[C@@H](CC(N)=O)C(=O)N[C@@H](CCCNC(=N)N)C(=O)N2CCC[C@@H]2C(=O)N[C@@H](CCCNC(=N)N)C(=O)N[C@@H](Cc2ccc(O)c(I)c2)C(N)=O)cc1. The zero-order chi connectivity index (χ0) is 75.3. The molecule has 103 heavy (non-hydrogen) atoms. The highest BCUT2D eigenvalue weighted by Crippen LogP contribution is 2.24. The molecule has 0 spiro atoms. The third-order valence-electron chi connectivity index (χ3n) is 16.7. The zero-order valence-corrected chi connectivity index (χ0v) is 58.8. The van der Waals surface area contributed by atoms with Crippen LogP contribution in [0.15, 0.2) is 127 Å². The van der Waals surface area contributed by atoms with E-state index in [4.69, 9.17) is 50.0 Å². The minimum Gasteiger partial charge on any atom is -0.507 e. The number of methoxy groups -OCH3 is 1. The lowest BCUT2D eigenvalue weighted by Gasteiger charge is -2.31. The van der Waals surface area contributed by atoms with Crippen LogP contribution in [0.5, 0.6) is 11.5 Å². The maximum Gasteiger partial charge on any atom is 0.245 e. The van der Waals surface area contributed by atoms with E-state index in [1.165, 1.54) is 18.1 Å². The second-order valence-electron chi connectivity index (χ2n) is 24.6. The molecule has 5 aromatic carbocycles. The van der Waals surface area contributed by atoms with E-state index < -0.39 is 145 Å². The van der Waals surface area contributed by atoms with Gasteiger partial charge in [-0.2, -0.15) is 0 Å². The Hall–Kier alpha value is -11.2. The van der Waals surface area contributed by atoms with Crippen LogP contribution in [0.3, 0.4) is 0 Å². The normalized spacial score (nSPS) is 14.7. The molecule has 1 aliphatic rings. The number of nitrogens with one attached hydrogen (secondary N) is 11. The summed E-state index contributed by atoms with van der Waals surface area (Å²) in [5.41, 5.74) is 37.5. The molecule has 1 fully saturated rings. The fourth-order valence-electron chi connectivity index (χ4n) is 11.3. The number of hydrogen-bond acceptors (Lipinski definition) is 17. The highest BCUT2D eigenvalue weighted by atomic mass is 127. The van der Waals surface area contributed by atoms with Gasteiger partial charge in [-0.25, -0.2) is 0 Å². The number of ether oxygens (including phenoxy) is 1. The predicted molar refractivity (Wildman–Crippen MR) is 387 cm³/mol. The van der Waals surface area contributed by atoms with Crippen molar-refractivity contribution >= 4 is 105 Å². The van der Waals surface area contributed by atoms with Gasteiger partial charge in [0.05, 0.1) is 23.1 Å². The summed E-state index contributed by atoms with van der Waals surface area (Å²) in [6, 6.07) is 21.6. The first-order valence-electron chi connectivity index (χ1n) is 33.1. The minimum absolute atomic E-state index is 0.00431. The van der Waals surface area contributed by atoms with Crippen molar-refractivity contribution in [1.82, 2.24) is 52.8 Å². The van der Waals surface area contributed by atoms with Crippen molar-refractivity contribution in [3.8, 4) is 11.5 Å². The molecule has 0 aliphatic carbocycles. The van der Waals surface area contributed by atoms with Gasteiger partial charge in [0.15, 0.2) is 17.7 Å². The average molecular weight is 1530 g/mol. The number of phenolic OH excluding ortho intramolecular Hbond substituents is 1. The highest BCUT2D eigenvalue weighted by Gasteiger charge is 2.41. The molecule has 0 aromatic heterocycles. The average Bonchev–Trinajstić information content (AvgIpc) is 1.76. The summed E-state index contributed by atoms with van der Waals surface area (Å²) in [6.07, 6.45) is -2.12. The van der Waals surface area contributed by atoms with E-state index in [9.17, 15) is 62.6 Å². The highest BCUT2D eigenvalue weighted by molar-refractivity contribution is 14.1. The van der Waals surface area contributed by atoms with E-state index in [0.717, 1.165) is 0 Å². The van der Waals surface area contributed by atoms with Crippen LogP contribution >= 0.6 is 22.6 Å². The molecule has 9 atom stereocenters. The third-order valence-corrected chi connectivity index (χ3v) is 17.6. The lowest BCUT2D eigenvalue weighted by Crippen LogP contribution is -2.61. The van der Waals surface area contributed by atoms with Gasteiger partial charge in [0, 0.05) is 56.4 Å². The molecule has 6 rings (SSSR count). The minimum atomic E-state index is -1.89. The topological polar surface area (TPSA) is 550 Å². The summed E-state index contributed by atoms with van der Waals surface area (Å²) >= 11 is 1.89. The summed E-state index contributed by atoms with van der Waals surface area (Å²) in [5.74, 6) is -10.8. The van der Waals surface area contributed by atoms with E-state index >= 15 is 0 Å². The Morgan fingerprint density at radius 1 is 0.524 bits per heavy atom. The second kappa shape index (κ2) is 40.3. The molecule has 550 valence electrons. The molecule has 33 heteroatoms. The van der Waals surface area contributed by atoms with Crippen LogP contribution in [0.4, 0.5) is 0 Å². The van der Waals surface area contributed by atoms with Gasteiger partial charge in [0.25, 0.3) is 0 Å². The van der Waals surface area contributed by atoms with Gasteiger partial charge < -0.3 is 97.0 Å². The fourth-order valence-corrected chi connectivity index (χ4v) is 11.8. The first-order valence-corrected chi connectivity index (χ1v) is 34.2. The Morgan fingerprint density at radius 3 is 1.53 bits per heavy atom. The van der Waals surface area contributed by atoms with Crippen LogP contribution in [-0.2, 0) is 78.4 Å². The summed E-state index contributed by atoms with van der Waals surface area (Å²) in [5, 5.41) is 48.8. The van der Waals surface area contributed by atoms with Crippen LogP contribution in [0, 0.1) is 14.4 Å². The van der Waals surface area contributed by atoms with E-state index in [1.54, 1.807) is 121 Å². The summed E-state index contributed by atoms with van der Waals surface area (Å²) in [7, 11) is 1.47. The van der Waals surface area contributed by atoms with Crippen molar-refractivity contribution < 1.29 is 67.4 Å². The van der Waals surface area contributed by atoms with Crippen LogP contribution in [0.2, 0.25) is 0 Å². The Bertz CT molecular complexity index is 3840. The number of guanidine groups is 2. The van der Waals surface area contributed by atoms with Crippen molar-refractivity contribution in [3.63, 3.8) is 0 Å². The summed E-state index contributed by atoms with van der Waals surface area (Å²) < 4.78 is 5.79. The van der Waals surface area contributed by atoms with Crippen molar-refractivity contribution in [2.45, 2.75) is 138 Å². The number of primary amides is 3. The molecule has 0 radical (unpaired) electrons. The number of benzene rings is 5. The van der Waals surface area contributed by atoms with Gasteiger partial charge in [-0.3, -0.25) is 68.4 Å². The summed E-state index contributed by atoms with van der Waals surface area (Å²) in [6.45, 7) is 0.0603. The molecule has 11 amide bonds. The first kappa shape index (κ1) is 80.7. The lowest BCUT2D eigenvalue weighted by molar-refractivity contribution is -0.143. The number of aromatic hydroxyl groups is 1. The lowest BCUT2D eigenvalue weighted by atomic mass is 9.99. The van der Waals surface area contributed by atoms with Crippen LogP contribution in [0.25, 0.3) is 0 Å². The number of carbonyl (C=O) groups excluding carboxylic acids is 12. The van der Waals surface area contributed by atoms with E-state index in [0.29, 0.717) is 42.7 Å². The number of phenols is 1. The Balaban J connectivity index is 1.22. The van der Waals surface area contributed by atoms with Gasteiger partial charge in [0.1, 0.15) is 59.8 Å². The molecular formula is C70H89IN18O14. The number of nitrogens with two attached hydrogens (primary N) is 6. The monoisotopic (exact) mass is 1530 g/mol. The molecule has 24 N–H and O–H groups in total. The van der Waals surface area contributed by atoms with Crippen LogP contribution < -0.4 is 87.0 Å². The molecular weight excluding hydrogens is 1440 g/mol. The van der Waals surface area contributed by atoms with Crippen LogP contribution in [-0.4, -0.2) is 174 Å². The molecule has 1 aliphatic heterocycles. The first-order chi connectivity index (χ1) is 49.1. The van der Waals surface area contributed by atoms with Gasteiger partial charge in [0.2, 0.25) is 65.0 Å². The maximum atomic E-state index is 14.9. The van der Waals surface area contributed by atoms with Crippen molar-refractivity contribution in [1.29, 1.82) is 10.8 Å². The maximum absolute atomic E-state index is 14.9. The number of nitrogens with zero attached hydrogens (tertiary/aromatic N) is 1. The molecule has 1 unspecified atom stereocenters. The van der Waals surface area contributed by atoms with Gasteiger partial charge in [-0.05, 0) is 120 Å². The summed E-state index contributed by atoms with van der Waals surface area (Å²) in [4.78, 5) is 168. The van der Waals surface area contributed by atoms with E-state index in [1.807, 2.05) is 22.6 Å². The van der Waals surface area contributed by atoms with Crippen molar-refractivity contribution in [3.05, 3.63) is 164 Å². The van der Waals surface area contributed by atoms with Gasteiger partial charge >= 0.3 is 0 Å². The number of amides is 11. The quantitative estimate of drug-likeness (QED) is 0.00688. The number of ketones is 1. The van der Waals surface area contributed by atoms with E-state index in [2.05, 4.69) is 47.9 Å². The van der Waals surface area contributed by atoms with E-state index in [-0.39, 0.29) is 101 Å². The predicted octanol–water partition coefficient (Wildman–Crippen LogP) is -1.63. The number of rotatable bonds is 40. The number of likely N-dealkylation sites (tertiary alicyclic amines) is 1. The second-order valence-corrected chi connectivity index (χ2v) is 25.8. The van der Waals surface area contributed by atoms with Gasteiger partial charge in [-0.1, -0.05) is 103 Å². The van der Waals surface area contributed by atoms with Crippen molar-refractivity contribution in [2.75, 3.05) is 26.7 Å². The molecule has 0 bridgehead atoms. The molecule has 32 nitrogen and oxygen atoms in total. The Kier molecular flexibility index (Phi) is 31.6. The molecule has 1 heterocycles. The Morgan fingerprint density at radius 2 is 0.981 bits per heavy atom. The third kappa shape index (κ3) is 26.3. The standard InChI is InChI=1S/C70H89IN18O14/c1-103-45-25-20-41(21-26-45)36-52(86-61(95)47(72)34-40-18-23-44(24-19-40)59(93)43-13-6-3-7-14-43)65(99)87-53(35-39-11-4-2-5-12-39)64(98)82-49(27-29-57(73)91)63(97)88-54(38-58(74)92)66(100)84-50(16-9-31-81-70(78)79)68(102)89-32-10-17-55(89)67(101)83-48(15-8-30-80-69(76)77)62(96)85-51(60(75)94)37-42-22-28-56(90)46(71)33-42/h2-7,11-14,18-26,28,33,47-55,90H,8-10,15-17,27,29-32,34-38,72H2,1H3,(H2,73,91)(H2,74,92)(H2,75,94)(H,82,98)(H,83,101)(H,84,100)(H,85,96)(H,86,95)(H,87,99)(H,88,97)(H4,76,77,80)(H4,78,79,81)/t47?,48-,49-,50-,51-,52+,53-,54-,55+/m0/s1. The van der Waals surface area contributed by atoms with Crippen LogP contribution in [0.1, 0.15) is 96.0 Å². The number of carbonyl (C=O) groups is 12. The number of hydrogen-bond donors (Lipinski definition) is 18. The Labute approximate surface area is 607 Å². The smallest absolute Gasteiger partial charge is 0.245 e. The largest absolute Gasteiger partial charge is 0.507 e. The van der Waals surface area contributed by atoms with Crippen molar-refractivity contribution in [2.24, 2.45) is 34.4 Å².